The lowest BCUT2D eigenvalue weighted by molar-refractivity contribution is -0.605. The second kappa shape index (κ2) is 9.04. The first kappa shape index (κ1) is 21.3. The van der Waals surface area contributed by atoms with Crippen LogP contribution >= 0.6 is 0 Å². The van der Waals surface area contributed by atoms with Gasteiger partial charge < -0.3 is 20.9 Å². The number of nitrogens with zero attached hydrogens (tertiary/aromatic N) is 5. The van der Waals surface area contributed by atoms with Crippen LogP contribution < -0.4 is 15.4 Å². The molecule has 1 aliphatic heterocycles. The van der Waals surface area contributed by atoms with Gasteiger partial charge in [-0.05, 0) is 25.0 Å². The van der Waals surface area contributed by atoms with Gasteiger partial charge in [0.15, 0.2) is 12.4 Å². The summed E-state index contributed by atoms with van der Waals surface area (Å²) in [6.45, 7) is 2.60. The van der Waals surface area contributed by atoms with Crippen LogP contribution in [0, 0.1) is 23.5 Å². The number of pyridine rings is 1. The molecular formula is C24H24N6O2. The quantitative estimate of drug-likeness (QED) is 0.350. The predicted octanol–water partition coefficient (Wildman–Crippen LogP) is 2.31. The highest BCUT2D eigenvalue weighted by atomic mass is 16.5. The first-order chi connectivity index (χ1) is 15.5. The van der Waals surface area contributed by atoms with Crippen LogP contribution in [0.4, 0.5) is 11.6 Å². The Morgan fingerprint density at radius 1 is 1.25 bits per heavy atom. The van der Waals surface area contributed by atoms with Crippen LogP contribution in [0.5, 0.6) is 0 Å². The first-order valence-electron chi connectivity index (χ1n) is 10.4. The Hall–Kier alpha value is -3.96. The van der Waals surface area contributed by atoms with Gasteiger partial charge in [-0.3, -0.25) is 0 Å². The molecule has 0 fully saturated rings. The van der Waals surface area contributed by atoms with Crippen LogP contribution in [-0.2, 0) is 0 Å². The Labute approximate surface area is 186 Å². The summed E-state index contributed by atoms with van der Waals surface area (Å²) in [5.74, 6) is 0.915. The molecule has 8 heteroatoms. The van der Waals surface area contributed by atoms with Crippen LogP contribution in [0.2, 0.25) is 0 Å². The third-order valence-corrected chi connectivity index (χ3v) is 5.74. The molecule has 0 bridgehead atoms. The molecule has 0 spiro atoms. The average molecular weight is 428 g/mol. The molecule has 3 N–H and O–H groups in total. The SMILES string of the molecule is Cc1ccc(C2c3c(N)ncnc3N(CCCO)C2/C=C(\C#N)c2cc[n+]([O-])cc2)cc1. The molecule has 2 unspecified atom stereocenters. The van der Waals surface area contributed by atoms with E-state index in [1.54, 1.807) is 12.1 Å². The molecule has 3 aromatic rings. The van der Waals surface area contributed by atoms with E-state index in [0.29, 0.717) is 40.5 Å². The Kier molecular flexibility index (Phi) is 6.01. The standard InChI is InChI=1S/C24H24N6O2/c1-16-3-5-18(6-4-16)21-20(13-19(14-25)17-7-10-29(32)11-8-17)30(9-2-12-31)24-22(21)23(26)27-15-28-24/h3-8,10-11,13,15,20-21,31H,2,9,12H2,1H3,(H2,26,27,28)/b19-13+. The van der Waals surface area contributed by atoms with E-state index in [0.717, 1.165) is 16.7 Å². The van der Waals surface area contributed by atoms with Crippen LogP contribution in [0.25, 0.3) is 5.57 Å². The minimum absolute atomic E-state index is 0.0331. The predicted molar refractivity (Wildman–Crippen MR) is 121 cm³/mol. The minimum Gasteiger partial charge on any atom is -0.619 e. The molecule has 1 aliphatic rings. The number of hydrogen-bond donors (Lipinski definition) is 2. The lowest BCUT2D eigenvalue weighted by Gasteiger charge is -2.28. The van der Waals surface area contributed by atoms with Crippen molar-refractivity contribution in [3.05, 3.63) is 88.7 Å². The van der Waals surface area contributed by atoms with Crippen molar-refractivity contribution in [1.29, 1.82) is 5.26 Å². The fraction of sp³-hybridized carbons (Fsp3) is 0.250. The number of aromatic nitrogens is 3. The largest absolute Gasteiger partial charge is 0.619 e. The Morgan fingerprint density at radius 3 is 2.62 bits per heavy atom. The van der Waals surface area contributed by atoms with E-state index in [2.05, 4.69) is 33.1 Å². The molecule has 0 saturated heterocycles. The highest BCUT2D eigenvalue weighted by Crippen LogP contribution is 2.46. The summed E-state index contributed by atoms with van der Waals surface area (Å²) in [6.07, 6.45) is 6.61. The van der Waals surface area contributed by atoms with Gasteiger partial charge in [0.2, 0.25) is 0 Å². The van der Waals surface area contributed by atoms with Gasteiger partial charge in [0, 0.05) is 42.3 Å². The van der Waals surface area contributed by atoms with Gasteiger partial charge in [0.1, 0.15) is 18.0 Å². The normalized spacial score (nSPS) is 17.8. The molecule has 162 valence electrons. The van der Waals surface area contributed by atoms with E-state index in [4.69, 9.17) is 5.73 Å². The summed E-state index contributed by atoms with van der Waals surface area (Å²) in [5.41, 5.74) is 10.4. The number of nitrogens with two attached hydrogens (primary N) is 1. The van der Waals surface area contributed by atoms with Crippen molar-refractivity contribution in [3.63, 3.8) is 0 Å². The van der Waals surface area contributed by atoms with Gasteiger partial charge in [0.25, 0.3) is 0 Å². The van der Waals surface area contributed by atoms with Crippen LogP contribution in [0.1, 0.15) is 34.6 Å². The summed E-state index contributed by atoms with van der Waals surface area (Å²) in [4.78, 5) is 10.8. The Bertz CT molecular complexity index is 1170. The summed E-state index contributed by atoms with van der Waals surface area (Å²) >= 11 is 0. The van der Waals surface area contributed by atoms with E-state index in [1.807, 2.05) is 25.1 Å². The van der Waals surface area contributed by atoms with Crippen molar-refractivity contribution in [1.82, 2.24) is 9.97 Å². The van der Waals surface area contributed by atoms with Gasteiger partial charge >= 0.3 is 0 Å². The number of nitrogen functional groups attached to an aromatic ring is 1. The monoisotopic (exact) mass is 428 g/mol. The summed E-state index contributed by atoms with van der Waals surface area (Å²) in [7, 11) is 0. The maximum absolute atomic E-state index is 11.5. The maximum Gasteiger partial charge on any atom is 0.180 e. The van der Waals surface area contributed by atoms with Crippen LogP contribution in [-0.4, -0.2) is 34.3 Å². The third-order valence-electron chi connectivity index (χ3n) is 5.74. The van der Waals surface area contributed by atoms with E-state index in [1.165, 1.54) is 18.7 Å². The molecule has 0 radical (unpaired) electrons. The molecule has 0 amide bonds. The summed E-state index contributed by atoms with van der Waals surface area (Å²) in [6, 6.07) is 13.4. The molecule has 1 aromatic carbocycles. The van der Waals surface area contributed by atoms with E-state index in [9.17, 15) is 15.6 Å². The molecule has 3 heterocycles. The number of aliphatic hydroxyl groups excluding tert-OH is 1. The zero-order chi connectivity index (χ0) is 22.7. The maximum atomic E-state index is 11.5. The van der Waals surface area contributed by atoms with Crippen molar-refractivity contribution in [2.45, 2.75) is 25.3 Å². The van der Waals surface area contributed by atoms with Crippen LogP contribution in [0.15, 0.2) is 61.2 Å². The molecule has 4 rings (SSSR count). The highest BCUT2D eigenvalue weighted by molar-refractivity contribution is 5.79. The van der Waals surface area contributed by atoms with Crippen molar-refractivity contribution < 1.29 is 9.84 Å². The smallest absolute Gasteiger partial charge is 0.180 e. The zero-order valence-corrected chi connectivity index (χ0v) is 17.7. The number of fused-ring (bicyclic) bond motifs is 1. The van der Waals surface area contributed by atoms with Gasteiger partial charge in [-0.15, -0.1) is 0 Å². The second-order valence-electron chi connectivity index (χ2n) is 7.78. The number of aliphatic hydroxyl groups is 1. The third kappa shape index (κ3) is 3.98. The lowest BCUT2D eigenvalue weighted by atomic mass is 9.86. The molecule has 2 aromatic heterocycles. The number of hydrogen-bond acceptors (Lipinski definition) is 7. The Morgan fingerprint density at radius 2 is 1.97 bits per heavy atom. The number of rotatable bonds is 6. The van der Waals surface area contributed by atoms with Crippen molar-refractivity contribution in [2.75, 3.05) is 23.8 Å². The fourth-order valence-electron chi connectivity index (χ4n) is 4.20. The second-order valence-corrected chi connectivity index (χ2v) is 7.78. The molecule has 8 nitrogen and oxygen atoms in total. The molecular weight excluding hydrogens is 404 g/mol. The minimum atomic E-state index is -0.271. The van der Waals surface area contributed by atoms with E-state index >= 15 is 0 Å². The van der Waals surface area contributed by atoms with E-state index < -0.39 is 0 Å². The van der Waals surface area contributed by atoms with Gasteiger partial charge in [-0.1, -0.05) is 29.8 Å². The van der Waals surface area contributed by atoms with Crippen molar-refractivity contribution >= 4 is 17.2 Å². The summed E-state index contributed by atoms with van der Waals surface area (Å²) < 4.78 is 0.683. The molecule has 32 heavy (non-hydrogen) atoms. The lowest BCUT2D eigenvalue weighted by Crippen LogP contribution is -2.35. The number of anilines is 2. The zero-order valence-electron chi connectivity index (χ0n) is 17.7. The highest BCUT2D eigenvalue weighted by Gasteiger charge is 2.41. The number of benzene rings is 1. The average Bonchev–Trinajstić information content (AvgIpc) is 3.11. The van der Waals surface area contributed by atoms with Crippen molar-refractivity contribution in [3.8, 4) is 6.07 Å². The number of nitriles is 1. The molecule has 2 atom stereocenters. The van der Waals surface area contributed by atoms with Gasteiger partial charge in [-0.25, -0.2) is 9.97 Å². The topological polar surface area (TPSA) is 126 Å². The number of allylic oxidation sites excluding steroid dienone is 1. The first-order valence-corrected chi connectivity index (χ1v) is 10.4. The van der Waals surface area contributed by atoms with E-state index in [-0.39, 0.29) is 18.6 Å². The Balaban J connectivity index is 1.89. The summed E-state index contributed by atoms with van der Waals surface area (Å²) in [5, 5.41) is 30.9. The van der Waals surface area contributed by atoms with Gasteiger partial charge in [0.05, 0.1) is 17.7 Å². The molecule has 0 saturated carbocycles. The molecule has 0 aliphatic carbocycles. The van der Waals surface area contributed by atoms with Gasteiger partial charge in [-0.2, -0.15) is 9.99 Å². The number of aryl methyl sites for hydroxylation is 1. The van der Waals surface area contributed by atoms with Crippen LogP contribution in [0.3, 0.4) is 0 Å². The fourth-order valence-corrected chi connectivity index (χ4v) is 4.20. The van der Waals surface area contributed by atoms with Crippen molar-refractivity contribution in [2.24, 2.45) is 0 Å².